The summed E-state index contributed by atoms with van der Waals surface area (Å²) < 4.78 is 1.07. The van der Waals surface area contributed by atoms with Crippen LogP contribution in [-0.4, -0.2) is 21.7 Å². The highest BCUT2D eigenvalue weighted by molar-refractivity contribution is 9.11. The molecule has 2 aromatic rings. The lowest BCUT2D eigenvalue weighted by Gasteiger charge is -2.02. The largest absolute Gasteiger partial charge is 0.394 e. The molecule has 1 atom stereocenters. The summed E-state index contributed by atoms with van der Waals surface area (Å²) in [4.78, 5) is 8.30. The Bertz CT molecular complexity index is 454. The number of thiophene rings is 1. The van der Waals surface area contributed by atoms with Gasteiger partial charge in [0.1, 0.15) is 5.82 Å². The fourth-order valence-corrected chi connectivity index (χ4v) is 2.55. The second-order valence-corrected chi connectivity index (χ2v) is 5.54. The number of hydrogen-bond acceptors (Lipinski definition) is 4. The average Bonchev–Trinajstić information content (AvgIpc) is 2.84. The molecule has 0 saturated carbocycles. The van der Waals surface area contributed by atoms with E-state index in [9.17, 15) is 0 Å². The van der Waals surface area contributed by atoms with Crippen molar-refractivity contribution in [2.45, 2.75) is 6.04 Å². The van der Waals surface area contributed by atoms with Crippen LogP contribution in [0.4, 0.5) is 0 Å². The van der Waals surface area contributed by atoms with E-state index in [0.29, 0.717) is 5.82 Å². The predicted octanol–water partition coefficient (Wildman–Crippen LogP) is 1.89. The van der Waals surface area contributed by atoms with Crippen LogP contribution in [0.15, 0.2) is 22.1 Å². The summed E-state index contributed by atoms with van der Waals surface area (Å²) in [5, 5.41) is 8.88. The van der Waals surface area contributed by atoms with Crippen molar-refractivity contribution in [1.82, 2.24) is 9.97 Å². The van der Waals surface area contributed by atoms with Crippen molar-refractivity contribution in [1.29, 1.82) is 0 Å². The van der Waals surface area contributed by atoms with Crippen LogP contribution in [0.3, 0.4) is 0 Å². The normalized spacial score (nSPS) is 13.0. The smallest absolute Gasteiger partial charge is 0.125 e. The number of H-pyrrole nitrogens is 1. The van der Waals surface area contributed by atoms with Crippen LogP contribution in [0.2, 0.25) is 0 Å². The van der Waals surface area contributed by atoms with E-state index in [-0.39, 0.29) is 6.61 Å². The number of nitrogens with one attached hydrogen (secondary N) is 1. The topological polar surface area (TPSA) is 74.9 Å². The quantitative estimate of drug-likeness (QED) is 0.807. The van der Waals surface area contributed by atoms with Crippen LogP contribution in [0, 0.1) is 0 Å². The van der Waals surface area contributed by atoms with Crippen LogP contribution in [0.5, 0.6) is 0 Å². The van der Waals surface area contributed by atoms with Crippen molar-refractivity contribution in [2.75, 3.05) is 6.61 Å². The number of aliphatic hydroxyl groups excluding tert-OH is 1. The van der Waals surface area contributed by atoms with Gasteiger partial charge in [-0.3, -0.25) is 0 Å². The molecular formula is C9H10BrN3OS. The second-order valence-electron chi connectivity index (χ2n) is 3.07. The molecule has 2 rings (SSSR count). The van der Waals surface area contributed by atoms with Gasteiger partial charge in [-0.25, -0.2) is 4.98 Å². The zero-order chi connectivity index (χ0) is 10.8. The molecule has 0 spiro atoms. The van der Waals surface area contributed by atoms with Crippen LogP contribution < -0.4 is 5.73 Å². The van der Waals surface area contributed by atoms with E-state index in [2.05, 4.69) is 25.9 Å². The van der Waals surface area contributed by atoms with E-state index in [4.69, 9.17) is 10.8 Å². The van der Waals surface area contributed by atoms with E-state index in [1.165, 1.54) is 0 Å². The Hall–Kier alpha value is -0.690. The molecule has 0 radical (unpaired) electrons. The first-order valence-corrected chi connectivity index (χ1v) is 5.98. The molecule has 2 aromatic heterocycles. The Morgan fingerprint density at radius 1 is 1.60 bits per heavy atom. The van der Waals surface area contributed by atoms with E-state index in [1.54, 1.807) is 17.5 Å². The molecule has 0 saturated heterocycles. The van der Waals surface area contributed by atoms with Crippen LogP contribution in [0.25, 0.3) is 10.6 Å². The first-order chi connectivity index (χ1) is 7.20. The van der Waals surface area contributed by atoms with Gasteiger partial charge < -0.3 is 15.8 Å². The number of aliphatic hydroxyl groups is 1. The van der Waals surface area contributed by atoms with E-state index in [0.717, 1.165) is 14.4 Å². The van der Waals surface area contributed by atoms with Crippen LogP contribution >= 0.6 is 27.3 Å². The first-order valence-electron chi connectivity index (χ1n) is 4.37. The molecule has 0 aliphatic carbocycles. The zero-order valence-electron chi connectivity index (χ0n) is 7.77. The standard InChI is InChI=1S/C9H10BrN3OS/c10-8-2-1-7(15-8)6-3-12-9(13-6)5(11)4-14/h1-3,5,14H,4,11H2,(H,12,13). The van der Waals surface area contributed by atoms with Crippen molar-refractivity contribution < 1.29 is 5.11 Å². The van der Waals surface area contributed by atoms with Gasteiger partial charge in [0.05, 0.1) is 33.2 Å². The van der Waals surface area contributed by atoms with Crippen LogP contribution in [0.1, 0.15) is 11.9 Å². The molecule has 15 heavy (non-hydrogen) atoms. The lowest BCUT2D eigenvalue weighted by Crippen LogP contribution is -2.15. The fourth-order valence-electron chi connectivity index (χ4n) is 1.20. The molecule has 6 heteroatoms. The number of rotatable bonds is 3. The molecule has 0 aromatic carbocycles. The molecule has 0 aliphatic rings. The van der Waals surface area contributed by atoms with Crippen molar-refractivity contribution >= 4 is 27.3 Å². The fraction of sp³-hybridized carbons (Fsp3) is 0.222. The second kappa shape index (κ2) is 4.44. The Morgan fingerprint density at radius 2 is 2.40 bits per heavy atom. The third-order valence-corrected chi connectivity index (χ3v) is 3.64. The minimum absolute atomic E-state index is 0.110. The SMILES string of the molecule is NC(CO)c1ncc(-c2ccc(Br)s2)[nH]1. The molecule has 0 bridgehead atoms. The number of aromatic amines is 1. The summed E-state index contributed by atoms with van der Waals surface area (Å²) >= 11 is 5.01. The maximum atomic E-state index is 8.88. The summed E-state index contributed by atoms with van der Waals surface area (Å²) in [5.74, 6) is 0.608. The predicted molar refractivity (Wildman–Crippen MR) is 63.6 cm³/mol. The minimum Gasteiger partial charge on any atom is -0.394 e. The third-order valence-electron chi connectivity index (χ3n) is 1.98. The molecule has 0 aliphatic heterocycles. The third kappa shape index (κ3) is 2.28. The molecular weight excluding hydrogens is 278 g/mol. The number of hydrogen-bond donors (Lipinski definition) is 3. The summed E-state index contributed by atoms with van der Waals surface area (Å²) in [6, 6.07) is 3.53. The number of nitrogens with two attached hydrogens (primary N) is 1. The van der Waals surface area contributed by atoms with Gasteiger partial charge in [0.2, 0.25) is 0 Å². The lowest BCUT2D eigenvalue weighted by atomic mass is 10.3. The number of nitrogens with zero attached hydrogens (tertiary/aromatic N) is 1. The molecule has 0 fully saturated rings. The van der Waals surface area contributed by atoms with E-state index in [1.807, 2.05) is 12.1 Å². The zero-order valence-corrected chi connectivity index (χ0v) is 10.2. The highest BCUT2D eigenvalue weighted by Gasteiger charge is 2.10. The summed E-state index contributed by atoms with van der Waals surface area (Å²) in [6.45, 7) is -0.110. The number of imidazole rings is 1. The molecule has 2 heterocycles. The van der Waals surface area contributed by atoms with Gasteiger partial charge in [-0.15, -0.1) is 11.3 Å². The minimum atomic E-state index is -0.442. The number of aromatic nitrogens is 2. The Labute approximate surface area is 99.3 Å². The van der Waals surface area contributed by atoms with Gasteiger partial charge in [0.25, 0.3) is 0 Å². The molecule has 0 amide bonds. The highest BCUT2D eigenvalue weighted by Crippen LogP contribution is 2.30. The van der Waals surface area contributed by atoms with Gasteiger partial charge in [0, 0.05) is 0 Å². The molecule has 4 N–H and O–H groups in total. The highest BCUT2D eigenvalue weighted by atomic mass is 79.9. The van der Waals surface area contributed by atoms with Crippen LogP contribution in [-0.2, 0) is 0 Å². The Balaban J connectivity index is 2.27. The number of halogens is 1. The molecule has 80 valence electrons. The average molecular weight is 288 g/mol. The summed E-state index contributed by atoms with van der Waals surface area (Å²) in [5.41, 5.74) is 6.56. The molecule has 1 unspecified atom stereocenters. The lowest BCUT2D eigenvalue weighted by molar-refractivity contribution is 0.264. The van der Waals surface area contributed by atoms with Gasteiger partial charge in [0.15, 0.2) is 0 Å². The van der Waals surface area contributed by atoms with Gasteiger partial charge >= 0.3 is 0 Å². The van der Waals surface area contributed by atoms with Gasteiger partial charge in [-0.05, 0) is 28.1 Å². The summed E-state index contributed by atoms with van der Waals surface area (Å²) in [6.07, 6.45) is 1.73. The summed E-state index contributed by atoms with van der Waals surface area (Å²) in [7, 11) is 0. The van der Waals surface area contributed by atoms with Crippen molar-refractivity contribution in [3.05, 3.63) is 27.9 Å². The van der Waals surface area contributed by atoms with Crippen molar-refractivity contribution in [3.8, 4) is 10.6 Å². The van der Waals surface area contributed by atoms with Gasteiger partial charge in [-0.1, -0.05) is 0 Å². The van der Waals surface area contributed by atoms with E-state index < -0.39 is 6.04 Å². The molecule has 4 nitrogen and oxygen atoms in total. The Kier molecular flexibility index (Phi) is 3.20. The first kappa shape index (κ1) is 10.8. The maximum Gasteiger partial charge on any atom is 0.125 e. The van der Waals surface area contributed by atoms with Crippen molar-refractivity contribution in [3.63, 3.8) is 0 Å². The van der Waals surface area contributed by atoms with E-state index >= 15 is 0 Å². The monoisotopic (exact) mass is 287 g/mol. The maximum absolute atomic E-state index is 8.88. The van der Waals surface area contributed by atoms with Crippen molar-refractivity contribution in [2.24, 2.45) is 5.73 Å². The Morgan fingerprint density at radius 3 is 3.00 bits per heavy atom. The van der Waals surface area contributed by atoms with Gasteiger partial charge in [-0.2, -0.15) is 0 Å².